The Kier molecular flexibility index (Phi) is 8.17. The lowest BCUT2D eigenvalue weighted by Gasteiger charge is -2.28. The van der Waals surface area contributed by atoms with Gasteiger partial charge in [0.05, 0.1) is 22.4 Å². The quantitative estimate of drug-likeness (QED) is 0.161. The van der Waals surface area contributed by atoms with Crippen molar-refractivity contribution in [2.75, 3.05) is 4.90 Å². The standard InChI is InChI=1S/C58H38N2O/c1-2-21-45-39(16-1)17-14-32-53(45)59(42-36-34-40(35-37-42)46-27-15-28-52-51-26-8-12-33-57(51)61-58(46)52)43-19-13-18-41(38-43)44-20-3-4-22-47(44)48-23-5-9-29-54(48)60-55-30-10-6-24-49(55)50-25-7-11-31-56(50)60/h1-38H. The third-order valence-electron chi connectivity index (χ3n) is 12.2. The molecule has 0 saturated carbocycles. The summed E-state index contributed by atoms with van der Waals surface area (Å²) in [7, 11) is 0. The Bertz CT molecular complexity index is 3550. The number of anilines is 3. The number of nitrogens with zero attached hydrogens (tertiary/aromatic N) is 2. The fraction of sp³-hybridized carbons (Fsp3) is 0. The van der Waals surface area contributed by atoms with E-state index in [9.17, 15) is 0 Å². The van der Waals surface area contributed by atoms with Crippen LogP contribution in [0.1, 0.15) is 0 Å². The van der Waals surface area contributed by atoms with Gasteiger partial charge in [-0.15, -0.1) is 0 Å². The molecule has 3 nitrogen and oxygen atoms in total. The van der Waals surface area contributed by atoms with E-state index in [-0.39, 0.29) is 0 Å². The third kappa shape index (κ3) is 5.74. The third-order valence-corrected chi connectivity index (χ3v) is 12.2. The average Bonchev–Trinajstić information content (AvgIpc) is 3.88. The van der Waals surface area contributed by atoms with E-state index in [4.69, 9.17) is 4.42 Å². The van der Waals surface area contributed by atoms with Crippen molar-refractivity contribution in [2.45, 2.75) is 0 Å². The van der Waals surface area contributed by atoms with Crippen molar-refractivity contribution < 1.29 is 4.42 Å². The summed E-state index contributed by atoms with van der Waals surface area (Å²) >= 11 is 0. The Hall–Kier alpha value is -8.14. The summed E-state index contributed by atoms with van der Waals surface area (Å²) in [5.74, 6) is 0. The molecule has 286 valence electrons. The fourth-order valence-corrected chi connectivity index (χ4v) is 9.46. The minimum absolute atomic E-state index is 0.903. The first kappa shape index (κ1) is 34.9. The van der Waals surface area contributed by atoms with E-state index < -0.39 is 0 Å². The summed E-state index contributed by atoms with van der Waals surface area (Å²) in [5.41, 5.74) is 15.5. The van der Waals surface area contributed by atoms with Crippen molar-refractivity contribution in [1.29, 1.82) is 0 Å². The number of rotatable bonds is 7. The predicted molar refractivity (Wildman–Crippen MR) is 257 cm³/mol. The zero-order valence-corrected chi connectivity index (χ0v) is 33.2. The number of hydrogen-bond donors (Lipinski definition) is 0. The molecule has 0 atom stereocenters. The lowest BCUT2D eigenvalue weighted by molar-refractivity contribution is 0.670. The maximum atomic E-state index is 6.45. The number of aromatic nitrogens is 1. The molecule has 12 aromatic rings. The molecule has 0 fully saturated rings. The van der Waals surface area contributed by atoms with Crippen LogP contribution in [0.5, 0.6) is 0 Å². The van der Waals surface area contributed by atoms with Crippen molar-refractivity contribution in [3.05, 3.63) is 231 Å². The van der Waals surface area contributed by atoms with Gasteiger partial charge >= 0.3 is 0 Å². The smallest absolute Gasteiger partial charge is 0.143 e. The molecule has 0 bridgehead atoms. The monoisotopic (exact) mass is 778 g/mol. The first-order valence-corrected chi connectivity index (χ1v) is 20.8. The molecule has 2 heterocycles. The summed E-state index contributed by atoms with van der Waals surface area (Å²) in [5, 5.41) is 7.15. The second-order valence-electron chi connectivity index (χ2n) is 15.6. The van der Waals surface area contributed by atoms with Crippen molar-refractivity contribution in [1.82, 2.24) is 4.57 Å². The molecule has 0 unspecified atom stereocenters. The zero-order valence-electron chi connectivity index (χ0n) is 33.2. The van der Waals surface area contributed by atoms with E-state index in [1.54, 1.807) is 0 Å². The van der Waals surface area contributed by atoms with E-state index in [1.165, 1.54) is 49.3 Å². The highest BCUT2D eigenvalue weighted by Crippen LogP contribution is 2.44. The molecule has 2 aromatic heterocycles. The summed E-state index contributed by atoms with van der Waals surface area (Å²) < 4.78 is 8.88. The van der Waals surface area contributed by atoms with Gasteiger partial charge in [-0.25, -0.2) is 0 Å². The van der Waals surface area contributed by atoms with Gasteiger partial charge in [0, 0.05) is 49.4 Å². The van der Waals surface area contributed by atoms with E-state index in [0.717, 1.165) is 61.4 Å². The van der Waals surface area contributed by atoms with Crippen molar-refractivity contribution in [3.8, 4) is 39.1 Å². The van der Waals surface area contributed by atoms with Gasteiger partial charge in [-0.1, -0.05) is 176 Å². The normalized spacial score (nSPS) is 11.6. The van der Waals surface area contributed by atoms with Gasteiger partial charge in [-0.05, 0) is 82.2 Å². The number of para-hydroxylation sites is 5. The van der Waals surface area contributed by atoms with Gasteiger partial charge in [-0.3, -0.25) is 0 Å². The highest BCUT2D eigenvalue weighted by molar-refractivity contribution is 6.11. The molecule has 0 amide bonds. The molecule has 10 aromatic carbocycles. The van der Waals surface area contributed by atoms with Gasteiger partial charge in [-0.2, -0.15) is 0 Å². The highest BCUT2D eigenvalue weighted by Gasteiger charge is 2.20. The van der Waals surface area contributed by atoms with Crippen LogP contribution >= 0.6 is 0 Å². The Morgan fingerprint density at radius 2 is 0.918 bits per heavy atom. The van der Waals surface area contributed by atoms with Crippen LogP contribution in [0.2, 0.25) is 0 Å². The lowest BCUT2D eigenvalue weighted by atomic mass is 9.93. The maximum absolute atomic E-state index is 6.45. The molecule has 0 N–H and O–H groups in total. The molecule has 0 aliphatic carbocycles. The predicted octanol–water partition coefficient (Wildman–Crippen LogP) is 16.3. The van der Waals surface area contributed by atoms with E-state index >= 15 is 0 Å². The van der Waals surface area contributed by atoms with Crippen LogP contribution in [0.15, 0.2) is 235 Å². The van der Waals surface area contributed by atoms with Crippen molar-refractivity contribution in [2.24, 2.45) is 0 Å². The molecule has 0 aliphatic heterocycles. The van der Waals surface area contributed by atoms with Crippen molar-refractivity contribution in [3.63, 3.8) is 0 Å². The average molecular weight is 779 g/mol. The molecule has 0 saturated heterocycles. The van der Waals surface area contributed by atoms with Crippen LogP contribution in [0, 0.1) is 0 Å². The number of fused-ring (bicyclic) bond motifs is 7. The van der Waals surface area contributed by atoms with Crippen LogP contribution in [0.25, 0.3) is 93.6 Å². The number of furan rings is 1. The van der Waals surface area contributed by atoms with Gasteiger partial charge in [0.15, 0.2) is 0 Å². The van der Waals surface area contributed by atoms with Crippen LogP contribution < -0.4 is 4.90 Å². The lowest BCUT2D eigenvalue weighted by Crippen LogP contribution is -2.10. The number of benzene rings is 10. The Morgan fingerprint density at radius 3 is 1.72 bits per heavy atom. The van der Waals surface area contributed by atoms with Crippen LogP contribution in [0.3, 0.4) is 0 Å². The first-order chi connectivity index (χ1) is 30.3. The maximum Gasteiger partial charge on any atom is 0.143 e. The Labute approximate surface area is 353 Å². The fourth-order valence-electron chi connectivity index (χ4n) is 9.46. The van der Waals surface area contributed by atoms with E-state index in [1.807, 2.05) is 12.1 Å². The minimum atomic E-state index is 0.903. The topological polar surface area (TPSA) is 21.3 Å². The van der Waals surface area contributed by atoms with Gasteiger partial charge in [0.2, 0.25) is 0 Å². The molecule has 3 heteroatoms. The molecule has 0 radical (unpaired) electrons. The van der Waals surface area contributed by atoms with Gasteiger partial charge in [0.1, 0.15) is 11.2 Å². The molecule has 0 spiro atoms. The zero-order chi connectivity index (χ0) is 40.3. The van der Waals surface area contributed by atoms with E-state index in [0.29, 0.717) is 0 Å². The summed E-state index contributed by atoms with van der Waals surface area (Å²) in [6.07, 6.45) is 0. The molecule has 61 heavy (non-hydrogen) atoms. The molecule has 0 aliphatic rings. The van der Waals surface area contributed by atoms with Gasteiger partial charge in [0.25, 0.3) is 0 Å². The van der Waals surface area contributed by atoms with E-state index in [2.05, 4.69) is 228 Å². The summed E-state index contributed by atoms with van der Waals surface area (Å²) in [6, 6.07) is 82.9. The van der Waals surface area contributed by atoms with Crippen LogP contribution in [-0.4, -0.2) is 4.57 Å². The largest absolute Gasteiger partial charge is 0.455 e. The Balaban J connectivity index is 1.00. The molecular weight excluding hydrogens is 741 g/mol. The van der Waals surface area contributed by atoms with Crippen molar-refractivity contribution >= 4 is 71.6 Å². The number of hydrogen-bond acceptors (Lipinski definition) is 2. The van der Waals surface area contributed by atoms with Crippen LogP contribution in [-0.2, 0) is 0 Å². The first-order valence-electron chi connectivity index (χ1n) is 20.8. The summed E-state index contributed by atoms with van der Waals surface area (Å²) in [4.78, 5) is 2.39. The second kappa shape index (κ2) is 14.3. The SMILES string of the molecule is c1cc(-c2ccccc2-c2ccccc2-n2c3ccccc3c3ccccc32)cc(N(c2ccc(-c3cccc4c3oc3ccccc34)cc2)c2cccc3ccccc23)c1. The molecular formula is C58H38N2O. The molecule has 12 rings (SSSR count). The highest BCUT2D eigenvalue weighted by atomic mass is 16.3. The Morgan fingerprint density at radius 1 is 0.344 bits per heavy atom. The van der Waals surface area contributed by atoms with Gasteiger partial charge < -0.3 is 13.9 Å². The summed E-state index contributed by atoms with van der Waals surface area (Å²) in [6.45, 7) is 0. The minimum Gasteiger partial charge on any atom is -0.455 e. The van der Waals surface area contributed by atoms with Crippen LogP contribution in [0.4, 0.5) is 17.1 Å². The second-order valence-corrected chi connectivity index (χ2v) is 15.6.